The summed E-state index contributed by atoms with van der Waals surface area (Å²) in [6.07, 6.45) is -0.552. The zero-order chi connectivity index (χ0) is 22.1. The van der Waals surface area contributed by atoms with Crippen molar-refractivity contribution >= 4 is 35.2 Å². The molecule has 0 aromatic heterocycles. The molecule has 0 bridgehead atoms. The van der Waals surface area contributed by atoms with Crippen LogP contribution in [0.4, 0.5) is 5.69 Å². The number of piperazine rings is 1. The summed E-state index contributed by atoms with van der Waals surface area (Å²) in [5, 5.41) is 2.42. The van der Waals surface area contributed by atoms with Crippen molar-refractivity contribution in [2.24, 2.45) is 0 Å². The van der Waals surface area contributed by atoms with Crippen LogP contribution >= 0.6 is 11.8 Å². The summed E-state index contributed by atoms with van der Waals surface area (Å²) in [5.41, 5.74) is 0.787. The average molecular weight is 454 g/mol. The number of hydrogen-bond donors (Lipinski definition) is 1. The van der Waals surface area contributed by atoms with E-state index in [4.69, 9.17) is 9.47 Å². The second-order valence-corrected chi connectivity index (χ2v) is 9.11. The monoisotopic (exact) mass is 453 g/mol. The summed E-state index contributed by atoms with van der Waals surface area (Å²) in [6.45, 7) is 1.90. The molecule has 0 unspecified atom stereocenters. The van der Waals surface area contributed by atoms with Crippen molar-refractivity contribution < 1.29 is 23.9 Å². The molecule has 9 heteroatoms. The van der Waals surface area contributed by atoms with Crippen molar-refractivity contribution in [3.05, 3.63) is 48.5 Å². The lowest BCUT2D eigenvalue weighted by Gasteiger charge is -2.37. The standard InChI is InChI=1S/C23H23N3O5S/c27-21(13-20-22(28)24-15-5-1-4-8-19(15)32-20)25-9-11-26(12-10-25)23(29)18-14-30-16-6-2-3-7-17(16)31-18/h1-8,18,20H,9-14H2,(H,24,28)/t18-,20+/m0/s1. The molecule has 3 heterocycles. The van der Waals surface area contributed by atoms with Gasteiger partial charge in [0.2, 0.25) is 17.9 Å². The van der Waals surface area contributed by atoms with Crippen LogP contribution in [-0.4, -0.2) is 71.7 Å². The Labute approximate surface area is 189 Å². The van der Waals surface area contributed by atoms with E-state index < -0.39 is 11.4 Å². The maximum absolute atomic E-state index is 12.9. The highest BCUT2D eigenvalue weighted by Gasteiger charge is 2.35. The summed E-state index contributed by atoms with van der Waals surface area (Å²) >= 11 is 1.42. The molecule has 2 atom stereocenters. The van der Waals surface area contributed by atoms with Gasteiger partial charge in [0.05, 0.1) is 10.9 Å². The maximum atomic E-state index is 12.9. The summed E-state index contributed by atoms with van der Waals surface area (Å²) in [6, 6.07) is 14.9. The molecule has 32 heavy (non-hydrogen) atoms. The number of nitrogens with one attached hydrogen (secondary N) is 1. The SMILES string of the molecule is O=C1Nc2ccccc2S[C@@H]1CC(=O)N1CCN(C(=O)[C@@H]2COc3ccccc3O2)CC1. The number of amides is 3. The van der Waals surface area contributed by atoms with E-state index in [0.717, 1.165) is 10.6 Å². The van der Waals surface area contributed by atoms with Gasteiger partial charge in [0, 0.05) is 37.5 Å². The van der Waals surface area contributed by atoms with Gasteiger partial charge in [-0.25, -0.2) is 0 Å². The zero-order valence-corrected chi connectivity index (χ0v) is 18.2. The van der Waals surface area contributed by atoms with Crippen LogP contribution in [0.15, 0.2) is 53.4 Å². The average Bonchev–Trinajstić information content (AvgIpc) is 2.84. The topological polar surface area (TPSA) is 88.2 Å². The Balaban J connectivity index is 1.14. The minimum absolute atomic E-state index is 0.0738. The lowest BCUT2D eigenvalue weighted by Crippen LogP contribution is -2.55. The van der Waals surface area contributed by atoms with Gasteiger partial charge in [-0.2, -0.15) is 0 Å². The number of para-hydroxylation sites is 3. The van der Waals surface area contributed by atoms with E-state index in [9.17, 15) is 14.4 Å². The molecule has 3 amide bonds. The molecule has 0 saturated carbocycles. The van der Waals surface area contributed by atoms with E-state index in [2.05, 4.69) is 5.32 Å². The van der Waals surface area contributed by atoms with E-state index in [1.807, 2.05) is 42.5 Å². The lowest BCUT2D eigenvalue weighted by atomic mass is 10.2. The van der Waals surface area contributed by atoms with Crippen molar-refractivity contribution in [2.45, 2.75) is 22.7 Å². The smallest absolute Gasteiger partial charge is 0.267 e. The van der Waals surface area contributed by atoms with Crippen LogP contribution in [0.1, 0.15) is 6.42 Å². The van der Waals surface area contributed by atoms with Crippen molar-refractivity contribution in [2.75, 3.05) is 38.1 Å². The number of thioether (sulfide) groups is 1. The fourth-order valence-electron chi connectivity index (χ4n) is 4.04. The van der Waals surface area contributed by atoms with Crippen molar-refractivity contribution in [3.63, 3.8) is 0 Å². The zero-order valence-electron chi connectivity index (χ0n) is 17.4. The van der Waals surface area contributed by atoms with Crippen molar-refractivity contribution in [1.29, 1.82) is 0 Å². The Morgan fingerprint density at radius 3 is 2.47 bits per heavy atom. The molecule has 1 saturated heterocycles. The number of fused-ring (bicyclic) bond motifs is 2. The highest BCUT2D eigenvalue weighted by atomic mass is 32.2. The van der Waals surface area contributed by atoms with E-state index in [0.29, 0.717) is 37.7 Å². The summed E-state index contributed by atoms with van der Waals surface area (Å²) in [4.78, 5) is 42.5. The van der Waals surface area contributed by atoms with Crippen LogP contribution in [0.25, 0.3) is 0 Å². The van der Waals surface area contributed by atoms with Crippen LogP contribution in [0.2, 0.25) is 0 Å². The third-order valence-corrected chi connectivity index (χ3v) is 7.07. The molecular formula is C23H23N3O5S. The van der Waals surface area contributed by atoms with Crippen molar-refractivity contribution in [3.8, 4) is 11.5 Å². The highest BCUT2D eigenvalue weighted by Crippen LogP contribution is 2.37. The van der Waals surface area contributed by atoms with Crippen LogP contribution < -0.4 is 14.8 Å². The molecule has 2 aromatic rings. The first-order valence-electron chi connectivity index (χ1n) is 10.6. The predicted octanol–water partition coefficient (Wildman–Crippen LogP) is 2.00. The summed E-state index contributed by atoms with van der Waals surface area (Å²) in [7, 11) is 0. The molecule has 3 aliphatic rings. The molecule has 1 N–H and O–H groups in total. The number of rotatable bonds is 3. The molecule has 2 aromatic carbocycles. The van der Waals surface area contributed by atoms with Gasteiger partial charge in [0.1, 0.15) is 6.61 Å². The second-order valence-electron chi connectivity index (χ2n) is 7.87. The molecule has 8 nitrogen and oxygen atoms in total. The van der Waals surface area contributed by atoms with E-state index in [-0.39, 0.29) is 30.7 Å². The number of nitrogens with zero attached hydrogens (tertiary/aromatic N) is 2. The second kappa shape index (κ2) is 8.74. The van der Waals surface area contributed by atoms with Gasteiger partial charge >= 0.3 is 0 Å². The van der Waals surface area contributed by atoms with Gasteiger partial charge in [0.15, 0.2) is 11.5 Å². The molecule has 0 aliphatic carbocycles. The maximum Gasteiger partial charge on any atom is 0.267 e. The molecule has 166 valence electrons. The third kappa shape index (κ3) is 4.12. The lowest BCUT2D eigenvalue weighted by molar-refractivity contribution is -0.146. The first-order chi connectivity index (χ1) is 15.6. The fraction of sp³-hybridized carbons (Fsp3) is 0.348. The largest absolute Gasteiger partial charge is 0.485 e. The van der Waals surface area contributed by atoms with Gasteiger partial charge in [-0.3, -0.25) is 14.4 Å². The molecule has 1 fully saturated rings. The Morgan fingerprint density at radius 1 is 0.969 bits per heavy atom. The first-order valence-corrected chi connectivity index (χ1v) is 11.5. The molecule has 3 aliphatic heterocycles. The number of carbonyl (C=O) groups excluding carboxylic acids is 3. The Kier molecular flexibility index (Phi) is 5.65. The first kappa shape index (κ1) is 20.7. The van der Waals surface area contributed by atoms with Gasteiger partial charge in [-0.1, -0.05) is 24.3 Å². The number of hydrogen-bond acceptors (Lipinski definition) is 6. The van der Waals surface area contributed by atoms with Gasteiger partial charge < -0.3 is 24.6 Å². The number of benzene rings is 2. The third-order valence-electron chi connectivity index (χ3n) is 5.79. The van der Waals surface area contributed by atoms with E-state index >= 15 is 0 Å². The number of ether oxygens (including phenoxy) is 2. The Bertz CT molecular complexity index is 1050. The van der Waals surface area contributed by atoms with Crippen LogP contribution in [0.3, 0.4) is 0 Å². The summed E-state index contributed by atoms with van der Waals surface area (Å²) < 4.78 is 11.5. The Morgan fingerprint density at radius 2 is 1.66 bits per heavy atom. The molecule has 0 spiro atoms. The van der Waals surface area contributed by atoms with Crippen LogP contribution in [-0.2, 0) is 14.4 Å². The highest BCUT2D eigenvalue weighted by molar-refractivity contribution is 8.01. The Hall–Kier alpha value is -3.20. The van der Waals surface area contributed by atoms with E-state index in [1.54, 1.807) is 15.9 Å². The fourth-order valence-corrected chi connectivity index (χ4v) is 5.14. The van der Waals surface area contributed by atoms with E-state index in [1.165, 1.54) is 11.8 Å². The van der Waals surface area contributed by atoms with Crippen LogP contribution in [0.5, 0.6) is 11.5 Å². The van der Waals surface area contributed by atoms with Crippen LogP contribution in [0, 0.1) is 0 Å². The minimum atomic E-state index is -0.686. The van der Waals surface area contributed by atoms with Gasteiger partial charge in [-0.15, -0.1) is 11.8 Å². The van der Waals surface area contributed by atoms with Gasteiger partial charge in [-0.05, 0) is 24.3 Å². The van der Waals surface area contributed by atoms with Crippen molar-refractivity contribution in [1.82, 2.24) is 9.80 Å². The minimum Gasteiger partial charge on any atom is -0.485 e. The summed E-state index contributed by atoms with van der Waals surface area (Å²) in [5.74, 6) is 0.848. The number of carbonyl (C=O) groups is 3. The molecule has 0 radical (unpaired) electrons. The van der Waals surface area contributed by atoms with Gasteiger partial charge in [0.25, 0.3) is 5.91 Å². The number of anilines is 1. The predicted molar refractivity (Wildman–Crippen MR) is 119 cm³/mol. The molecule has 5 rings (SSSR count). The molecular weight excluding hydrogens is 430 g/mol. The normalized spacial score (nSPS) is 22.1. The quantitative estimate of drug-likeness (QED) is 0.765.